The minimum absolute atomic E-state index is 0.0130. The standard InChI is InChI=1S/C14H15FN2OS/c1-8-6-10(16)7-11(13(8)15)14(18)17-9(2)12-4-3-5-19-12/h3-7,9H,16H2,1-2H3,(H,17,18). The minimum Gasteiger partial charge on any atom is -0.399 e. The molecule has 0 aliphatic carbocycles. The van der Waals surface area contributed by atoms with Crippen LogP contribution in [0.5, 0.6) is 0 Å². The largest absolute Gasteiger partial charge is 0.399 e. The summed E-state index contributed by atoms with van der Waals surface area (Å²) in [5, 5.41) is 4.70. The fraction of sp³-hybridized carbons (Fsp3) is 0.214. The first-order valence-corrected chi connectivity index (χ1v) is 6.77. The van der Waals surface area contributed by atoms with E-state index in [2.05, 4.69) is 5.32 Å². The summed E-state index contributed by atoms with van der Waals surface area (Å²) in [5.74, 6) is -0.973. The van der Waals surface area contributed by atoms with Gasteiger partial charge in [-0.15, -0.1) is 11.3 Å². The number of benzene rings is 1. The van der Waals surface area contributed by atoms with E-state index in [1.54, 1.807) is 18.3 Å². The van der Waals surface area contributed by atoms with Crippen molar-refractivity contribution in [3.8, 4) is 0 Å². The predicted molar refractivity (Wildman–Crippen MR) is 75.7 cm³/mol. The Kier molecular flexibility index (Phi) is 3.85. The molecule has 3 N–H and O–H groups in total. The Labute approximate surface area is 115 Å². The van der Waals surface area contributed by atoms with Gasteiger partial charge in [0.2, 0.25) is 0 Å². The average molecular weight is 278 g/mol. The smallest absolute Gasteiger partial charge is 0.254 e. The fourth-order valence-electron chi connectivity index (χ4n) is 1.85. The third kappa shape index (κ3) is 2.93. The molecule has 1 aromatic carbocycles. The number of nitrogen functional groups attached to an aromatic ring is 1. The maximum Gasteiger partial charge on any atom is 0.254 e. The zero-order valence-electron chi connectivity index (χ0n) is 10.7. The van der Waals surface area contributed by atoms with Gasteiger partial charge >= 0.3 is 0 Å². The minimum atomic E-state index is -0.523. The number of carbonyl (C=O) groups is 1. The van der Waals surface area contributed by atoms with Crippen LogP contribution >= 0.6 is 11.3 Å². The number of amides is 1. The van der Waals surface area contributed by atoms with Crippen LogP contribution in [-0.4, -0.2) is 5.91 Å². The van der Waals surface area contributed by atoms with Crippen LogP contribution in [0.15, 0.2) is 29.6 Å². The molecule has 0 aliphatic heterocycles. The maximum absolute atomic E-state index is 13.9. The number of hydrogen-bond donors (Lipinski definition) is 2. The highest BCUT2D eigenvalue weighted by Crippen LogP contribution is 2.21. The highest BCUT2D eigenvalue weighted by atomic mass is 32.1. The molecule has 1 heterocycles. The lowest BCUT2D eigenvalue weighted by Crippen LogP contribution is -2.27. The lowest BCUT2D eigenvalue weighted by atomic mass is 10.1. The van der Waals surface area contributed by atoms with Crippen molar-refractivity contribution >= 4 is 22.9 Å². The van der Waals surface area contributed by atoms with Crippen LogP contribution in [0, 0.1) is 12.7 Å². The van der Waals surface area contributed by atoms with Gasteiger partial charge < -0.3 is 11.1 Å². The summed E-state index contributed by atoms with van der Waals surface area (Å²) >= 11 is 1.55. The number of aryl methyl sites for hydroxylation is 1. The van der Waals surface area contributed by atoms with Gasteiger partial charge in [-0.2, -0.15) is 0 Å². The molecule has 0 saturated carbocycles. The molecule has 2 rings (SSSR count). The van der Waals surface area contributed by atoms with E-state index in [0.717, 1.165) is 4.88 Å². The van der Waals surface area contributed by atoms with E-state index < -0.39 is 11.7 Å². The third-order valence-corrected chi connectivity index (χ3v) is 3.89. The van der Waals surface area contributed by atoms with E-state index in [4.69, 9.17) is 5.73 Å². The van der Waals surface area contributed by atoms with Gasteiger partial charge in [0.1, 0.15) is 5.82 Å². The van der Waals surface area contributed by atoms with Gasteiger partial charge in [-0.3, -0.25) is 4.79 Å². The molecule has 1 atom stereocenters. The first-order chi connectivity index (χ1) is 8.99. The van der Waals surface area contributed by atoms with Crippen molar-refractivity contribution in [1.29, 1.82) is 0 Å². The molecule has 100 valence electrons. The highest BCUT2D eigenvalue weighted by Gasteiger charge is 2.17. The predicted octanol–water partition coefficient (Wildman–Crippen LogP) is 3.27. The Morgan fingerprint density at radius 1 is 1.47 bits per heavy atom. The van der Waals surface area contributed by atoms with Crippen LogP contribution in [0.25, 0.3) is 0 Å². The zero-order valence-corrected chi connectivity index (χ0v) is 11.6. The first kappa shape index (κ1) is 13.5. The maximum atomic E-state index is 13.9. The molecule has 0 aliphatic rings. The second-order valence-corrected chi connectivity index (χ2v) is 5.39. The summed E-state index contributed by atoms with van der Waals surface area (Å²) in [7, 11) is 0. The SMILES string of the molecule is Cc1cc(N)cc(C(=O)NC(C)c2cccs2)c1F. The van der Waals surface area contributed by atoms with E-state index in [1.807, 2.05) is 24.4 Å². The number of hydrogen-bond acceptors (Lipinski definition) is 3. The fourth-order valence-corrected chi connectivity index (χ4v) is 2.58. The van der Waals surface area contributed by atoms with E-state index >= 15 is 0 Å². The molecular weight excluding hydrogens is 263 g/mol. The Bertz CT molecular complexity index is 596. The number of halogens is 1. The second-order valence-electron chi connectivity index (χ2n) is 4.41. The Hall–Kier alpha value is -1.88. The van der Waals surface area contributed by atoms with Crippen LogP contribution in [-0.2, 0) is 0 Å². The van der Waals surface area contributed by atoms with Gasteiger partial charge in [0.15, 0.2) is 0 Å². The molecule has 5 heteroatoms. The van der Waals surface area contributed by atoms with Crippen LogP contribution in [0.2, 0.25) is 0 Å². The number of thiophene rings is 1. The summed E-state index contributed by atoms with van der Waals surface area (Å²) in [5.41, 5.74) is 6.39. The summed E-state index contributed by atoms with van der Waals surface area (Å²) in [6, 6.07) is 6.55. The van der Waals surface area contributed by atoms with Crippen molar-refractivity contribution in [3.63, 3.8) is 0 Å². The highest BCUT2D eigenvalue weighted by molar-refractivity contribution is 7.10. The number of nitrogens with two attached hydrogens (primary N) is 1. The molecule has 2 aromatic rings. The molecule has 3 nitrogen and oxygen atoms in total. The van der Waals surface area contributed by atoms with Gasteiger partial charge in [-0.1, -0.05) is 6.07 Å². The normalized spacial score (nSPS) is 12.2. The Morgan fingerprint density at radius 3 is 2.84 bits per heavy atom. The van der Waals surface area contributed by atoms with E-state index in [9.17, 15) is 9.18 Å². The summed E-state index contributed by atoms with van der Waals surface area (Å²) in [6.45, 7) is 3.45. The van der Waals surface area contributed by atoms with Crippen molar-refractivity contribution in [3.05, 3.63) is 51.5 Å². The molecule has 0 bridgehead atoms. The summed E-state index contributed by atoms with van der Waals surface area (Å²) < 4.78 is 13.9. The van der Waals surface area contributed by atoms with E-state index in [0.29, 0.717) is 11.3 Å². The first-order valence-electron chi connectivity index (χ1n) is 5.89. The van der Waals surface area contributed by atoms with Crippen LogP contribution in [0.3, 0.4) is 0 Å². The van der Waals surface area contributed by atoms with Gasteiger partial charge in [0.25, 0.3) is 5.91 Å². The molecule has 1 amide bonds. The summed E-state index contributed by atoms with van der Waals surface area (Å²) in [4.78, 5) is 13.1. The molecule has 1 unspecified atom stereocenters. The van der Waals surface area contributed by atoms with Crippen LogP contribution in [0.1, 0.15) is 33.8 Å². The van der Waals surface area contributed by atoms with Gasteiger partial charge in [0, 0.05) is 10.6 Å². The van der Waals surface area contributed by atoms with E-state index in [-0.39, 0.29) is 11.6 Å². The van der Waals surface area contributed by atoms with Crippen molar-refractivity contribution in [1.82, 2.24) is 5.32 Å². The molecule has 0 spiro atoms. The average Bonchev–Trinajstić information content (AvgIpc) is 2.87. The second kappa shape index (κ2) is 5.40. The molecule has 0 saturated heterocycles. The lowest BCUT2D eigenvalue weighted by Gasteiger charge is -2.13. The number of anilines is 1. The van der Waals surface area contributed by atoms with Crippen molar-refractivity contribution in [2.24, 2.45) is 0 Å². The lowest BCUT2D eigenvalue weighted by molar-refractivity contribution is 0.0936. The molecule has 0 radical (unpaired) electrons. The zero-order chi connectivity index (χ0) is 14.0. The molecule has 19 heavy (non-hydrogen) atoms. The van der Waals surface area contributed by atoms with Crippen molar-refractivity contribution in [2.75, 3.05) is 5.73 Å². The number of nitrogens with one attached hydrogen (secondary N) is 1. The Morgan fingerprint density at radius 2 is 2.21 bits per heavy atom. The Balaban J connectivity index is 2.21. The van der Waals surface area contributed by atoms with Crippen LogP contribution < -0.4 is 11.1 Å². The topological polar surface area (TPSA) is 55.1 Å². The van der Waals surface area contributed by atoms with Crippen molar-refractivity contribution < 1.29 is 9.18 Å². The monoisotopic (exact) mass is 278 g/mol. The van der Waals surface area contributed by atoms with Gasteiger partial charge in [0.05, 0.1) is 11.6 Å². The molecule has 0 fully saturated rings. The van der Waals surface area contributed by atoms with Gasteiger partial charge in [-0.25, -0.2) is 4.39 Å². The number of carbonyl (C=O) groups excluding carboxylic acids is 1. The molecular formula is C14H15FN2OS. The summed E-state index contributed by atoms with van der Waals surface area (Å²) in [6.07, 6.45) is 0. The number of rotatable bonds is 3. The van der Waals surface area contributed by atoms with Gasteiger partial charge in [-0.05, 0) is 43.0 Å². The molecule has 1 aromatic heterocycles. The quantitative estimate of drug-likeness (QED) is 0.847. The third-order valence-electron chi connectivity index (χ3n) is 2.84. The van der Waals surface area contributed by atoms with Crippen molar-refractivity contribution in [2.45, 2.75) is 19.9 Å². The van der Waals surface area contributed by atoms with Crippen LogP contribution in [0.4, 0.5) is 10.1 Å². The van der Waals surface area contributed by atoms with E-state index in [1.165, 1.54) is 12.1 Å².